The summed E-state index contributed by atoms with van der Waals surface area (Å²) >= 11 is 0. The predicted octanol–water partition coefficient (Wildman–Crippen LogP) is 4.73. The molecule has 0 atom stereocenters. The first-order valence-electron chi connectivity index (χ1n) is 9.00. The van der Waals surface area contributed by atoms with E-state index in [4.69, 9.17) is 9.15 Å². The van der Waals surface area contributed by atoms with Crippen molar-refractivity contribution in [1.29, 1.82) is 0 Å². The molecule has 0 fully saturated rings. The van der Waals surface area contributed by atoms with Gasteiger partial charge in [-0.05, 0) is 54.6 Å². The number of furan rings is 1. The van der Waals surface area contributed by atoms with Crippen LogP contribution in [0, 0.1) is 0 Å². The van der Waals surface area contributed by atoms with Gasteiger partial charge in [-0.15, -0.1) is 0 Å². The second-order valence-electron chi connectivity index (χ2n) is 6.09. The van der Waals surface area contributed by atoms with Crippen LogP contribution in [0.25, 0.3) is 0 Å². The summed E-state index contributed by atoms with van der Waals surface area (Å²) in [6.45, 7) is 0.431. The molecule has 0 saturated carbocycles. The number of nitrogens with one attached hydrogen (secondary N) is 2. The first kappa shape index (κ1) is 18.2. The van der Waals surface area contributed by atoms with Crippen LogP contribution in [-0.2, 0) is 6.54 Å². The normalized spacial score (nSPS) is 10.3. The fourth-order valence-corrected chi connectivity index (χ4v) is 2.58. The van der Waals surface area contributed by atoms with Crippen molar-refractivity contribution in [2.24, 2.45) is 0 Å². The predicted molar refractivity (Wildman–Crippen MR) is 109 cm³/mol. The Morgan fingerprint density at radius 2 is 1.72 bits per heavy atom. The molecule has 4 rings (SSSR count). The van der Waals surface area contributed by atoms with Gasteiger partial charge in [0.05, 0.1) is 12.8 Å². The molecule has 0 saturated heterocycles. The highest BCUT2D eigenvalue weighted by Gasteiger charge is 2.10. The molecule has 144 valence electrons. The summed E-state index contributed by atoms with van der Waals surface area (Å²) in [6.07, 6.45) is 3.13. The van der Waals surface area contributed by atoms with Crippen molar-refractivity contribution >= 4 is 17.5 Å². The Bertz CT molecular complexity index is 1060. The number of amides is 1. The van der Waals surface area contributed by atoms with Crippen molar-refractivity contribution in [3.8, 4) is 11.5 Å². The summed E-state index contributed by atoms with van der Waals surface area (Å²) < 4.78 is 11.0. The minimum Gasteiger partial charge on any atom is -0.467 e. The maximum atomic E-state index is 12.5. The number of carbonyl (C=O) groups is 1. The van der Waals surface area contributed by atoms with Crippen molar-refractivity contribution < 1.29 is 13.9 Å². The van der Waals surface area contributed by atoms with E-state index in [1.165, 1.54) is 6.20 Å². The minimum atomic E-state index is -0.329. The molecule has 4 aromatic rings. The summed E-state index contributed by atoms with van der Waals surface area (Å²) in [7, 11) is 0. The number of rotatable bonds is 7. The van der Waals surface area contributed by atoms with Gasteiger partial charge in [-0.1, -0.05) is 18.2 Å². The monoisotopic (exact) mass is 386 g/mol. The molecule has 2 aromatic heterocycles. The minimum absolute atomic E-state index is 0.256. The molecule has 0 bridgehead atoms. The molecule has 7 heteroatoms. The van der Waals surface area contributed by atoms with Crippen molar-refractivity contribution in [3.05, 3.63) is 96.7 Å². The van der Waals surface area contributed by atoms with E-state index in [0.29, 0.717) is 23.9 Å². The van der Waals surface area contributed by atoms with Gasteiger partial charge < -0.3 is 19.8 Å². The highest BCUT2D eigenvalue weighted by molar-refractivity contribution is 6.02. The summed E-state index contributed by atoms with van der Waals surface area (Å²) in [4.78, 5) is 20.9. The zero-order valence-corrected chi connectivity index (χ0v) is 15.4. The molecule has 0 radical (unpaired) electrons. The Morgan fingerprint density at radius 3 is 2.48 bits per heavy atom. The van der Waals surface area contributed by atoms with Crippen LogP contribution < -0.4 is 15.4 Å². The Balaban J connectivity index is 1.36. The fourth-order valence-electron chi connectivity index (χ4n) is 2.58. The van der Waals surface area contributed by atoms with Gasteiger partial charge in [0.15, 0.2) is 0 Å². The van der Waals surface area contributed by atoms with Crippen LogP contribution >= 0.6 is 0 Å². The lowest BCUT2D eigenvalue weighted by molar-refractivity contribution is 0.102. The van der Waals surface area contributed by atoms with Crippen molar-refractivity contribution in [2.75, 3.05) is 10.6 Å². The second kappa shape index (κ2) is 8.71. The molecule has 0 unspecified atom stereocenters. The first-order valence-corrected chi connectivity index (χ1v) is 9.00. The Morgan fingerprint density at radius 1 is 0.931 bits per heavy atom. The lowest BCUT2D eigenvalue weighted by Gasteiger charge is -2.08. The average Bonchev–Trinajstić information content (AvgIpc) is 3.28. The molecule has 7 nitrogen and oxygen atoms in total. The maximum absolute atomic E-state index is 12.5. The molecular weight excluding hydrogens is 368 g/mol. The van der Waals surface area contributed by atoms with Gasteiger partial charge in [0.2, 0.25) is 5.95 Å². The van der Waals surface area contributed by atoms with Gasteiger partial charge in [0, 0.05) is 11.9 Å². The van der Waals surface area contributed by atoms with Crippen LogP contribution in [0.1, 0.15) is 16.2 Å². The number of benzene rings is 2. The van der Waals surface area contributed by atoms with E-state index in [1.54, 1.807) is 42.7 Å². The number of ether oxygens (including phenoxy) is 1. The van der Waals surface area contributed by atoms with Crippen molar-refractivity contribution in [1.82, 2.24) is 9.97 Å². The third-order valence-electron chi connectivity index (χ3n) is 3.98. The molecule has 1 amide bonds. The lowest BCUT2D eigenvalue weighted by Crippen LogP contribution is -2.15. The third kappa shape index (κ3) is 4.98. The van der Waals surface area contributed by atoms with Gasteiger partial charge >= 0.3 is 0 Å². The first-order chi connectivity index (χ1) is 14.3. The van der Waals surface area contributed by atoms with Gasteiger partial charge in [0.25, 0.3) is 5.91 Å². The van der Waals surface area contributed by atoms with Gasteiger partial charge in [-0.25, -0.2) is 9.97 Å². The Hall–Kier alpha value is -4.13. The molecule has 0 aliphatic heterocycles. The van der Waals surface area contributed by atoms with E-state index in [-0.39, 0.29) is 11.6 Å². The van der Waals surface area contributed by atoms with E-state index in [0.717, 1.165) is 11.5 Å². The average molecular weight is 386 g/mol. The Labute approximate surface area is 167 Å². The number of aromatic nitrogens is 2. The van der Waals surface area contributed by atoms with Gasteiger partial charge in [-0.2, -0.15) is 0 Å². The van der Waals surface area contributed by atoms with Gasteiger partial charge in [0.1, 0.15) is 23.0 Å². The van der Waals surface area contributed by atoms with Crippen molar-refractivity contribution in [2.45, 2.75) is 6.54 Å². The molecule has 2 heterocycles. The molecular formula is C22H18N4O3. The molecule has 0 aliphatic rings. The smallest absolute Gasteiger partial charge is 0.274 e. The van der Waals surface area contributed by atoms with Crippen molar-refractivity contribution in [3.63, 3.8) is 0 Å². The SMILES string of the molecule is O=C(Nc1ccc(Oc2ccccc2)cc1)c1ccnc(NCc2ccco2)n1. The third-order valence-corrected chi connectivity index (χ3v) is 3.98. The van der Waals surface area contributed by atoms with E-state index >= 15 is 0 Å². The molecule has 2 N–H and O–H groups in total. The number of nitrogens with zero attached hydrogens (tertiary/aromatic N) is 2. The Kier molecular flexibility index (Phi) is 5.48. The quantitative estimate of drug-likeness (QED) is 0.477. The van der Waals surface area contributed by atoms with E-state index in [1.807, 2.05) is 36.4 Å². The summed E-state index contributed by atoms with van der Waals surface area (Å²) in [5, 5.41) is 5.84. The van der Waals surface area contributed by atoms with E-state index in [9.17, 15) is 4.79 Å². The number of anilines is 2. The van der Waals surface area contributed by atoms with Gasteiger partial charge in [-0.3, -0.25) is 4.79 Å². The topological polar surface area (TPSA) is 89.3 Å². The molecule has 2 aromatic carbocycles. The number of para-hydroxylation sites is 1. The fraction of sp³-hybridized carbons (Fsp3) is 0.0455. The standard InChI is InChI=1S/C22H18N4O3/c27-21(20-12-13-23-22(26-20)24-15-19-7-4-14-28-19)25-16-8-10-18(11-9-16)29-17-5-2-1-3-6-17/h1-14H,15H2,(H,25,27)(H,23,24,26). The van der Waals surface area contributed by atoms with Crippen LogP contribution in [0.4, 0.5) is 11.6 Å². The van der Waals surface area contributed by atoms with Crippen LogP contribution in [0.5, 0.6) is 11.5 Å². The van der Waals surface area contributed by atoms with Crippen LogP contribution in [0.15, 0.2) is 89.7 Å². The summed E-state index contributed by atoms with van der Waals surface area (Å²) in [5.74, 6) is 2.20. The number of hydrogen-bond donors (Lipinski definition) is 2. The van der Waals surface area contributed by atoms with E-state index in [2.05, 4.69) is 20.6 Å². The second-order valence-corrected chi connectivity index (χ2v) is 6.09. The van der Waals surface area contributed by atoms with Crippen LogP contribution in [-0.4, -0.2) is 15.9 Å². The maximum Gasteiger partial charge on any atom is 0.274 e. The number of hydrogen-bond acceptors (Lipinski definition) is 6. The number of carbonyl (C=O) groups excluding carboxylic acids is 1. The molecule has 0 aliphatic carbocycles. The summed E-state index contributed by atoms with van der Waals surface area (Å²) in [5.41, 5.74) is 0.894. The highest BCUT2D eigenvalue weighted by Crippen LogP contribution is 2.22. The summed E-state index contributed by atoms with van der Waals surface area (Å²) in [6, 6.07) is 21.8. The van der Waals surface area contributed by atoms with Crippen LogP contribution in [0.3, 0.4) is 0 Å². The largest absolute Gasteiger partial charge is 0.467 e. The lowest BCUT2D eigenvalue weighted by atomic mass is 10.3. The highest BCUT2D eigenvalue weighted by atomic mass is 16.5. The zero-order valence-electron chi connectivity index (χ0n) is 15.4. The molecule has 29 heavy (non-hydrogen) atoms. The zero-order chi connectivity index (χ0) is 19.9. The molecule has 0 spiro atoms. The van der Waals surface area contributed by atoms with E-state index < -0.39 is 0 Å². The van der Waals surface area contributed by atoms with Crippen LogP contribution in [0.2, 0.25) is 0 Å².